The second-order valence-electron chi connectivity index (χ2n) is 6.59. The van der Waals surface area contributed by atoms with Crippen LogP contribution in [0, 0.1) is 12.3 Å². The molecule has 1 aromatic rings. The van der Waals surface area contributed by atoms with Crippen LogP contribution in [-0.2, 0) is 22.3 Å². The quantitative estimate of drug-likeness (QED) is 0.801. The van der Waals surface area contributed by atoms with Gasteiger partial charge < -0.3 is 9.64 Å². The maximum atomic E-state index is 12.6. The number of pyridine rings is 1. The largest absolute Gasteiger partial charge is 0.378 e. The van der Waals surface area contributed by atoms with E-state index in [1.165, 1.54) is 6.92 Å². The first kappa shape index (κ1) is 14.2. The van der Waals surface area contributed by atoms with Crippen LogP contribution in [-0.4, -0.2) is 41.5 Å². The molecule has 0 unspecified atom stereocenters. The summed E-state index contributed by atoms with van der Waals surface area (Å²) in [5.74, 6) is 2.50. The van der Waals surface area contributed by atoms with Gasteiger partial charge in [-0.05, 0) is 37.8 Å². The number of piperidine rings is 1. The summed E-state index contributed by atoms with van der Waals surface area (Å²) in [6.45, 7) is 5.03. The zero-order valence-electron chi connectivity index (χ0n) is 16.5. The highest BCUT2D eigenvalue weighted by Crippen LogP contribution is 2.36. The molecule has 1 saturated heterocycles. The molecule has 0 aromatic carbocycles. The van der Waals surface area contributed by atoms with Gasteiger partial charge in [-0.2, -0.15) is 0 Å². The number of ether oxygens (including phenoxy) is 1. The molecule has 126 valence electrons. The molecule has 0 bridgehead atoms. The van der Waals surface area contributed by atoms with Crippen LogP contribution in [0.5, 0.6) is 0 Å². The van der Waals surface area contributed by atoms with Crippen LogP contribution < -0.4 is 0 Å². The molecule has 24 heavy (non-hydrogen) atoms. The molecular weight excluding hydrogens is 300 g/mol. The number of aromatic nitrogens is 1. The van der Waals surface area contributed by atoms with Crippen LogP contribution in [0.25, 0.3) is 5.70 Å². The number of aryl methyl sites for hydroxylation is 1. The Labute approximate surface area is 146 Å². The van der Waals surface area contributed by atoms with Crippen molar-refractivity contribution in [1.29, 1.82) is 0 Å². The van der Waals surface area contributed by atoms with Crippen molar-refractivity contribution in [3.63, 3.8) is 0 Å². The lowest BCUT2D eigenvalue weighted by molar-refractivity contribution is -0.114. The molecule has 4 nitrogen and oxygen atoms in total. The predicted octanol–water partition coefficient (Wildman–Crippen LogP) is 2.61. The van der Waals surface area contributed by atoms with Crippen LogP contribution in [0.2, 0.25) is 0 Å². The van der Waals surface area contributed by atoms with Crippen LogP contribution >= 0.6 is 0 Å². The van der Waals surface area contributed by atoms with Gasteiger partial charge in [0, 0.05) is 46.8 Å². The molecule has 0 spiro atoms. The molecule has 0 radical (unpaired) electrons. The van der Waals surface area contributed by atoms with Crippen LogP contribution in [0.1, 0.15) is 46.3 Å². The lowest BCUT2D eigenvalue weighted by atomic mass is 9.86. The third-order valence-corrected chi connectivity index (χ3v) is 5.14. The molecular formula is C20H24N2O2. The maximum absolute atomic E-state index is 12.6. The molecule has 0 N–H and O–H groups in total. The van der Waals surface area contributed by atoms with Crippen molar-refractivity contribution in [2.75, 3.05) is 20.2 Å². The van der Waals surface area contributed by atoms with Crippen molar-refractivity contribution in [1.82, 2.24) is 9.88 Å². The highest BCUT2D eigenvalue weighted by molar-refractivity contribution is 6.10. The Hall–Kier alpha value is -2.12. The number of carbonyl (C=O) groups is 1. The molecule has 0 amide bonds. The average Bonchev–Trinajstić information content (AvgIpc) is 2.60. The number of nitrogens with zero attached hydrogens (tertiary/aromatic N) is 2. The first-order valence-corrected chi connectivity index (χ1v) is 8.22. The zero-order chi connectivity index (χ0) is 19.1. The first-order valence-electron chi connectivity index (χ1n) is 9.22. The van der Waals surface area contributed by atoms with E-state index in [0.29, 0.717) is 11.3 Å². The van der Waals surface area contributed by atoms with Crippen molar-refractivity contribution in [3.05, 3.63) is 34.7 Å². The Morgan fingerprint density at radius 3 is 2.79 bits per heavy atom. The van der Waals surface area contributed by atoms with Gasteiger partial charge in [0.15, 0.2) is 5.78 Å². The van der Waals surface area contributed by atoms with E-state index in [9.17, 15) is 4.79 Å². The summed E-state index contributed by atoms with van der Waals surface area (Å²) < 4.78 is 21.5. The molecule has 1 aliphatic carbocycles. The number of allylic oxidation sites excluding steroid dienone is 1. The predicted molar refractivity (Wildman–Crippen MR) is 94.3 cm³/mol. The summed E-state index contributed by atoms with van der Waals surface area (Å²) in [5.41, 5.74) is 2.93. The van der Waals surface area contributed by atoms with E-state index in [1.54, 1.807) is 19.4 Å². The van der Waals surface area contributed by atoms with Crippen molar-refractivity contribution in [2.45, 2.75) is 45.1 Å². The maximum Gasteiger partial charge on any atom is 0.177 e. The number of terminal acetylenes is 1. The number of hydrogen-bond donors (Lipinski definition) is 0. The summed E-state index contributed by atoms with van der Waals surface area (Å²) in [4.78, 5) is 18.9. The van der Waals surface area contributed by atoms with Gasteiger partial charge in [-0.25, -0.2) is 0 Å². The van der Waals surface area contributed by atoms with Crippen molar-refractivity contribution in [3.8, 4) is 12.3 Å². The fourth-order valence-electron chi connectivity index (χ4n) is 3.39. The Morgan fingerprint density at radius 2 is 2.21 bits per heavy atom. The van der Waals surface area contributed by atoms with E-state index >= 15 is 0 Å². The summed E-state index contributed by atoms with van der Waals surface area (Å²) in [5, 5.41) is 0. The monoisotopic (exact) mass is 326 g/mol. The zero-order valence-corrected chi connectivity index (χ0v) is 14.5. The van der Waals surface area contributed by atoms with Crippen LogP contribution in [0.4, 0.5) is 0 Å². The number of rotatable bonds is 3. The Morgan fingerprint density at radius 1 is 1.50 bits per heavy atom. The molecule has 4 heteroatoms. The lowest BCUT2D eigenvalue weighted by Gasteiger charge is -2.41. The third kappa shape index (κ3) is 2.85. The van der Waals surface area contributed by atoms with E-state index in [4.69, 9.17) is 13.9 Å². The van der Waals surface area contributed by atoms with Gasteiger partial charge >= 0.3 is 0 Å². The minimum atomic E-state index is -1.56. The number of methoxy groups -OCH3 is 1. The third-order valence-electron chi connectivity index (χ3n) is 5.14. The molecule has 3 rings (SSSR count). The van der Waals surface area contributed by atoms with Gasteiger partial charge in [-0.15, -0.1) is 6.42 Å². The smallest absolute Gasteiger partial charge is 0.177 e. The van der Waals surface area contributed by atoms with E-state index in [0.717, 1.165) is 42.8 Å². The van der Waals surface area contributed by atoms with Crippen LogP contribution in [0.15, 0.2) is 17.8 Å². The molecule has 1 aliphatic heterocycles. The molecule has 1 fully saturated rings. The van der Waals surface area contributed by atoms with Crippen molar-refractivity contribution < 1.29 is 12.3 Å². The highest BCUT2D eigenvalue weighted by Gasteiger charge is 2.34. The van der Waals surface area contributed by atoms with E-state index < -0.39 is 6.37 Å². The van der Waals surface area contributed by atoms with E-state index in [1.807, 2.05) is 0 Å². The number of ketones is 1. The number of hydrogen-bond acceptors (Lipinski definition) is 4. The Kier molecular flexibility index (Phi) is 3.80. The van der Waals surface area contributed by atoms with Crippen LogP contribution in [0.3, 0.4) is 0 Å². The minimum absolute atomic E-state index is 0.0795. The normalized spacial score (nSPS) is 21.8. The second-order valence-corrected chi connectivity index (χ2v) is 6.59. The summed E-state index contributed by atoms with van der Waals surface area (Å²) >= 11 is 0. The highest BCUT2D eigenvalue weighted by atomic mass is 16.5. The summed E-state index contributed by atoms with van der Waals surface area (Å²) in [6.07, 6.45) is 7.61. The van der Waals surface area contributed by atoms with Crippen molar-refractivity contribution >= 4 is 11.5 Å². The average molecular weight is 326 g/mol. The number of carbonyl (C=O) groups excluding carboxylic acids is 1. The number of likely N-dealkylation sites (tertiary alicyclic amines) is 1. The molecule has 0 atom stereocenters. The molecule has 1 aromatic heterocycles. The molecule has 0 saturated carbocycles. The Bertz CT molecular complexity index is 810. The van der Waals surface area contributed by atoms with Gasteiger partial charge in [-0.3, -0.25) is 9.78 Å². The summed E-state index contributed by atoms with van der Waals surface area (Å²) in [6, 6.07) is 1.75. The summed E-state index contributed by atoms with van der Waals surface area (Å²) in [7, 11) is 1.72. The van der Waals surface area contributed by atoms with Gasteiger partial charge in [0.1, 0.15) is 0 Å². The van der Waals surface area contributed by atoms with E-state index in [-0.39, 0.29) is 17.8 Å². The fourth-order valence-corrected chi connectivity index (χ4v) is 3.39. The van der Waals surface area contributed by atoms with Gasteiger partial charge in [-0.1, -0.05) is 12.8 Å². The number of fused-ring (bicyclic) bond motifs is 1. The first-order chi connectivity index (χ1) is 12.2. The number of Topliss-reactive ketones (excluding diaryl/α,β-unsaturated/α-hetero) is 1. The lowest BCUT2D eigenvalue weighted by Crippen LogP contribution is -2.43. The van der Waals surface area contributed by atoms with E-state index in [2.05, 4.69) is 22.7 Å². The molecule has 2 heterocycles. The Balaban J connectivity index is 2.07. The van der Waals surface area contributed by atoms with Gasteiger partial charge in [0.05, 0.1) is 16.9 Å². The van der Waals surface area contributed by atoms with Gasteiger partial charge in [0.25, 0.3) is 0 Å². The standard InChI is InChI=1S/C20H24N2O2/c1-5-15-12-17-14(13-21-15)11-18(23)16(6-2)19(17)22-9-7-20(3,24-4)8-10-22/h2,12-13H,5,7-11H2,1,3-4H3/i5D2. The SMILES string of the molecule is [2H]C([2H])(C)c1cc2c(cn1)CC(=O)C(C#C)=C2N1CCC(C)(OC)CC1. The van der Waals surface area contributed by atoms with Gasteiger partial charge in [0.2, 0.25) is 0 Å². The minimum Gasteiger partial charge on any atom is -0.378 e. The molecule has 2 aliphatic rings. The second kappa shape index (κ2) is 6.41. The topological polar surface area (TPSA) is 42.4 Å². The fraction of sp³-hybridized carbons (Fsp3) is 0.500. The van der Waals surface area contributed by atoms with Crippen molar-refractivity contribution in [2.24, 2.45) is 0 Å².